The Labute approximate surface area is 201 Å². The van der Waals surface area contributed by atoms with Gasteiger partial charge in [0.05, 0.1) is 35.4 Å². The number of amides is 3. The normalized spacial score (nSPS) is 15.1. The number of nitrogens with zero attached hydrogens (tertiary/aromatic N) is 1. The van der Waals surface area contributed by atoms with Crippen molar-refractivity contribution >= 4 is 52.2 Å². The van der Waals surface area contributed by atoms with E-state index in [1.165, 1.54) is 20.3 Å². The molecule has 0 bridgehead atoms. The van der Waals surface area contributed by atoms with Gasteiger partial charge >= 0.3 is 6.18 Å². The number of hydrogen-bond donors (Lipinski definition) is 1. The molecule has 0 saturated carbocycles. The van der Waals surface area contributed by atoms with Gasteiger partial charge in [-0.15, -0.1) is 0 Å². The second-order valence-corrected chi connectivity index (χ2v) is 8.34. The smallest absolute Gasteiger partial charge is 0.416 e. The summed E-state index contributed by atoms with van der Waals surface area (Å²) in [6.45, 7) is -0.254. The topological polar surface area (TPSA) is 84.9 Å². The van der Waals surface area contributed by atoms with Crippen molar-refractivity contribution in [1.82, 2.24) is 4.90 Å². The third kappa shape index (κ3) is 5.84. The first kappa shape index (κ1) is 25.4. The molecule has 1 aliphatic rings. The van der Waals surface area contributed by atoms with Crippen LogP contribution in [0.15, 0.2) is 41.3 Å². The number of imide groups is 1. The van der Waals surface area contributed by atoms with E-state index in [-0.39, 0.29) is 28.6 Å². The lowest BCUT2D eigenvalue weighted by atomic mass is 10.2. The molecule has 3 rings (SSSR count). The Morgan fingerprint density at radius 2 is 1.82 bits per heavy atom. The van der Waals surface area contributed by atoms with E-state index < -0.39 is 28.8 Å². The van der Waals surface area contributed by atoms with Gasteiger partial charge in [-0.05, 0) is 53.7 Å². The highest BCUT2D eigenvalue weighted by molar-refractivity contribution is 8.18. The maximum absolute atomic E-state index is 12.9. The maximum Gasteiger partial charge on any atom is 0.416 e. The molecule has 0 spiro atoms. The van der Waals surface area contributed by atoms with E-state index in [9.17, 15) is 27.6 Å². The van der Waals surface area contributed by atoms with E-state index in [0.717, 1.165) is 17.0 Å². The van der Waals surface area contributed by atoms with Crippen molar-refractivity contribution < 1.29 is 37.0 Å². The number of nitrogens with one attached hydrogen (secondary N) is 1. The van der Waals surface area contributed by atoms with E-state index in [1.807, 2.05) is 0 Å². The number of anilines is 1. The molecule has 180 valence electrons. The molecule has 1 saturated heterocycles. The molecule has 1 heterocycles. The second kappa shape index (κ2) is 10.4. The molecule has 7 nitrogen and oxygen atoms in total. The number of ether oxygens (including phenoxy) is 2. The molecule has 0 radical (unpaired) electrons. The van der Waals surface area contributed by atoms with Crippen LogP contribution >= 0.6 is 23.4 Å². The third-order valence-electron chi connectivity index (χ3n) is 4.71. The minimum atomic E-state index is -4.60. The van der Waals surface area contributed by atoms with Crippen molar-refractivity contribution in [2.24, 2.45) is 0 Å². The van der Waals surface area contributed by atoms with Crippen LogP contribution in [0.2, 0.25) is 5.02 Å². The average molecular weight is 515 g/mol. The molecule has 1 N–H and O–H groups in total. The van der Waals surface area contributed by atoms with Gasteiger partial charge in [-0.1, -0.05) is 17.7 Å². The van der Waals surface area contributed by atoms with Gasteiger partial charge in [0.25, 0.3) is 11.1 Å². The minimum Gasteiger partial charge on any atom is -0.493 e. The Bertz CT molecular complexity index is 1170. The van der Waals surface area contributed by atoms with E-state index in [2.05, 4.69) is 5.32 Å². The molecular formula is C22H18ClF3N2O5S. The van der Waals surface area contributed by atoms with E-state index in [0.29, 0.717) is 34.9 Å². The molecule has 0 unspecified atom stereocenters. The predicted molar refractivity (Wildman–Crippen MR) is 122 cm³/mol. The fourth-order valence-electron chi connectivity index (χ4n) is 3.01. The highest BCUT2D eigenvalue weighted by Crippen LogP contribution is 2.35. The van der Waals surface area contributed by atoms with Crippen LogP contribution in [0.4, 0.5) is 23.7 Å². The molecule has 34 heavy (non-hydrogen) atoms. The summed E-state index contributed by atoms with van der Waals surface area (Å²) in [5.74, 6) is -0.348. The summed E-state index contributed by atoms with van der Waals surface area (Å²) in [5, 5.41) is 1.64. The van der Waals surface area contributed by atoms with Gasteiger partial charge in [0, 0.05) is 13.0 Å². The molecule has 2 aromatic carbocycles. The van der Waals surface area contributed by atoms with Crippen LogP contribution in [-0.4, -0.2) is 42.7 Å². The first-order chi connectivity index (χ1) is 16.0. The molecule has 0 aliphatic carbocycles. The molecule has 1 aliphatic heterocycles. The van der Waals surface area contributed by atoms with Crippen LogP contribution in [-0.2, 0) is 15.8 Å². The molecule has 3 amide bonds. The Morgan fingerprint density at radius 1 is 1.12 bits per heavy atom. The number of thioether (sulfide) groups is 1. The van der Waals surface area contributed by atoms with Crippen LogP contribution in [0.3, 0.4) is 0 Å². The number of benzene rings is 2. The summed E-state index contributed by atoms with van der Waals surface area (Å²) in [4.78, 5) is 38.3. The summed E-state index contributed by atoms with van der Waals surface area (Å²) >= 11 is 6.58. The summed E-state index contributed by atoms with van der Waals surface area (Å²) in [6.07, 6.45) is -3.42. The second-order valence-electron chi connectivity index (χ2n) is 6.94. The lowest BCUT2D eigenvalue weighted by molar-refractivity contribution is -0.137. The van der Waals surface area contributed by atoms with Crippen LogP contribution in [0.25, 0.3) is 6.08 Å². The fourth-order valence-corrected chi connectivity index (χ4v) is 4.04. The SMILES string of the molecule is COc1ccc(C=C2SC(=O)N(CCC(=O)Nc3cc(C(F)(F)F)ccc3Cl)C2=O)cc1OC. The standard InChI is InChI=1S/C22H18ClF3N2O5S/c1-32-16-6-3-12(9-17(16)33-2)10-18-20(30)28(21(31)34-18)8-7-19(29)27-15-11-13(22(24,25)26)4-5-14(15)23/h3-6,9-11H,7-8H2,1-2H3,(H,27,29). The van der Waals surface area contributed by atoms with Gasteiger partial charge in [-0.25, -0.2) is 0 Å². The zero-order valence-electron chi connectivity index (χ0n) is 17.9. The van der Waals surface area contributed by atoms with Gasteiger partial charge in [0.15, 0.2) is 11.5 Å². The average Bonchev–Trinajstić information content (AvgIpc) is 3.05. The number of alkyl halides is 3. The number of carbonyl (C=O) groups excluding carboxylic acids is 3. The lowest BCUT2D eigenvalue weighted by Gasteiger charge is -2.14. The Kier molecular flexibility index (Phi) is 7.78. The van der Waals surface area contributed by atoms with Crippen molar-refractivity contribution in [1.29, 1.82) is 0 Å². The van der Waals surface area contributed by atoms with Crippen molar-refractivity contribution in [3.05, 3.63) is 57.5 Å². The van der Waals surface area contributed by atoms with Gasteiger partial charge in [0.2, 0.25) is 5.91 Å². The number of methoxy groups -OCH3 is 2. The van der Waals surface area contributed by atoms with Crippen LogP contribution in [0.5, 0.6) is 11.5 Å². The summed E-state index contributed by atoms with van der Waals surface area (Å²) in [7, 11) is 2.95. The summed E-state index contributed by atoms with van der Waals surface area (Å²) in [6, 6.07) is 7.50. The van der Waals surface area contributed by atoms with E-state index >= 15 is 0 Å². The highest BCUT2D eigenvalue weighted by Gasteiger charge is 2.35. The molecular weight excluding hydrogens is 497 g/mol. The summed E-state index contributed by atoms with van der Waals surface area (Å²) < 4.78 is 49.1. The van der Waals surface area contributed by atoms with Crippen LogP contribution < -0.4 is 14.8 Å². The van der Waals surface area contributed by atoms with Gasteiger partial charge in [0.1, 0.15) is 0 Å². The molecule has 2 aromatic rings. The first-order valence-electron chi connectivity index (χ1n) is 9.67. The van der Waals surface area contributed by atoms with Crippen molar-refractivity contribution in [3.8, 4) is 11.5 Å². The van der Waals surface area contributed by atoms with E-state index in [4.69, 9.17) is 21.1 Å². The fraction of sp³-hybridized carbons (Fsp3) is 0.227. The zero-order chi connectivity index (χ0) is 25.0. The van der Waals surface area contributed by atoms with Crippen molar-refractivity contribution in [3.63, 3.8) is 0 Å². The molecule has 0 aromatic heterocycles. The maximum atomic E-state index is 12.9. The molecule has 1 fully saturated rings. The Hall–Kier alpha value is -3.18. The largest absolute Gasteiger partial charge is 0.493 e. The highest BCUT2D eigenvalue weighted by atomic mass is 35.5. The monoisotopic (exact) mass is 514 g/mol. The number of halogens is 4. The minimum absolute atomic E-state index is 0.0784. The van der Waals surface area contributed by atoms with Crippen molar-refractivity contribution in [2.45, 2.75) is 12.6 Å². The first-order valence-corrected chi connectivity index (χ1v) is 10.9. The number of hydrogen-bond acceptors (Lipinski definition) is 6. The Morgan fingerprint density at radius 3 is 2.47 bits per heavy atom. The molecule has 12 heteroatoms. The lowest BCUT2D eigenvalue weighted by Crippen LogP contribution is -2.31. The van der Waals surface area contributed by atoms with E-state index in [1.54, 1.807) is 18.2 Å². The van der Waals surface area contributed by atoms with Gasteiger partial charge in [-0.2, -0.15) is 13.2 Å². The van der Waals surface area contributed by atoms with Crippen LogP contribution in [0, 0.1) is 0 Å². The van der Waals surface area contributed by atoms with Gasteiger partial charge < -0.3 is 14.8 Å². The zero-order valence-corrected chi connectivity index (χ0v) is 19.4. The molecule has 0 atom stereocenters. The van der Waals surface area contributed by atoms with Crippen molar-refractivity contribution in [2.75, 3.05) is 26.1 Å². The van der Waals surface area contributed by atoms with Crippen LogP contribution in [0.1, 0.15) is 17.5 Å². The predicted octanol–water partition coefficient (Wildman–Crippen LogP) is 5.44. The summed E-state index contributed by atoms with van der Waals surface area (Å²) in [5.41, 5.74) is -0.595. The number of rotatable bonds is 7. The Balaban J connectivity index is 1.66. The van der Waals surface area contributed by atoms with Gasteiger partial charge in [-0.3, -0.25) is 19.3 Å². The number of carbonyl (C=O) groups is 3. The third-order valence-corrected chi connectivity index (χ3v) is 5.95. The quantitative estimate of drug-likeness (QED) is 0.495.